The van der Waals surface area contributed by atoms with Crippen LogP contribution in [0.1, 0.15) is 160 Å². The van der Waals surface area contributed by atoms with Gasteiger partial charge in [0.25, 0.3) is 0 Å². The summed E-state index contributed by atoms with van der Waals surface area (Å²) in [5.41, 5.74) is 7.87. The highest BCUT2D eigenvalue weighted by Gasteiger charge is 2.57. The van der Waals surface area contributed by atoms with Gasteiger partial charge in [0.2, 0.25) is 16.7 Å². The van der Waals surface area contributed by atoms with E-state index in [1.165, 1.54) is 67.5 Å². The van der Waals surface area contributed by atoms with E-state index in [0.29, 0.717) is 35.1 Å². The predicted molar refractivity (Wildman–Crippen MR) is 287 cm³/mol. The first-order valence-corrected chi connectivity index (χ1v) is 26.5. The second kappa shape index (κ2) is 24.4. The summed E-state index contributed by atoms with van der Waals surface area (Å²) >= 11 is 8.03. The summed E-state index contributed by atoms with van der Waals surface area (Å²) in [6.45, 7) is 16.6. The smallest absolute Gasteiger partial charge is 0.416 e. The van der Waals surface area contributed by atoms with Gasteiger partial charge in [0.1, 0.15) is 6.61 Å². The van der Waals surface area contributed by atoms with E-state index >= 15 is 4.79 Å². The maximum atomic E-state index is 15.1. The van der Waals surface area contributed by atoms with E-state index in [-0.39, 0.29) is 43.1 Å². The van der Waals surface area contributed by atoms with Gasteiger partial charge in [0.15, 0.2) is 5.82 Å². The molecule has 2 heterocycles. The molecular weight excluding hydrogens is 910 g/mol. The summed E-state index contributed by atoms with van der Waals surface area (Å²) in [5, 5.41) is 12.7. The van der Waals surface area contributed by atoms with Gasteiger partial charge in [0.05, 0.1) is 24.4 Å². The van der Waals surface area contributed by atoms with E-state index in [4.69, 9.17) is 36.3 Å². The van der Waals surface area contributed by atoms with Crippen molar-refractivity contribution in [1.82, 2.24) is 14.9 Å². The Bertz CT molecular complexity index is 2590. The minimum atomic E-state index is -1.75. The molecule has 4 aromatic carbocycles. The van der Waals surface area contributed by atoms with Gasteiger partial charge in [-0.25, -0.2) is 14.7 Å². The lowest BCUT2D eigenvalue weighted by Crippen LogP contribution is -2.54. The molecule has 13 heteroatoms. The lowest BCUT2D eigenvalue weighted by molar-refractivity contribution is -0.144. The number of benzene rings is 4. The summed E-state index contributed by atoms with van der Waals surface area (Å²) in [7, 11) is 0. The van der Waals surface area contributed by atoms with E-state index in [1.54, 1.807) is 24.3 Å². The number of aryl methyl sites for hydroxylation is 1. The standard InChI is InChI=1S/C58H74ClN7O5/c1-8-11-12-13-14-15-16-17-18-19-20-25-38-70-52(68)37-36-51(67)60-43-32-30-42(31-33-43)53-61-55-58(59,54(57(5,6)7)63-66(55)62-53)65(50-35-34-44(39-41(50)4)64(9-2)10-3)56(69)71-40-49-47-28-23-21-26-45(47)46-27-22-24-29-48(46)49/h21-24,26-35,39,49H,8-20,25,36-38,40H2,1-7H3,(H,60,67). The molecule has 0 spiro atoms. The molecule has 1 N–H and O–H groups in total. The van der Waals surface area contributed by atoms with Crippen LogP contribution in [0, 0.1) is 12.3 Å². The van der Waals surface area contributed by atoms with Crippen LogP contribution >= 0.6 is 11.6 Å². The number of halogens is 1. The van der Waals surface area contributed by atoms with Crippen LogP contribution in [-0.2, 0) is 24.1 Å². The Kier molecular flexibility index (Phi) is 18.2. The lowest BCUT2D eigenvalue weighted by Gasteiger charge is -2.39. The van der Waals surface area contributed by atoms with Crippen LogP contribution in [0.5, 0.6) is 0 Å². The Morgan fingerprint density at radius 3 is 1.92 bits per heavy atom. The first-order chi connectivity index (χ1) is 34.3. The van der Waals surface area contributed by atoms with Crippen molar-refractivity contribution >= 4 is 52.3 Å². The van der Waals surface area contributed by atoms with E-state index in [2.05, 4.69) is 61.3 Å². The van der Waals surface area contributed by atoms with Crippen LogP contribution in [0.3, 0.4) is 0 Å². The quantitative estimate of drug-likeness (QED) is 0.0265. The number of alkyl halides is 1. The predicted octanol–water partition coefficient (Wildman–Crippen LogP) is 14.2. The third kappa shape index (κ3) is 12.5. The number of carbonyl (C=O) groups excluding carboxylic acids is 3. The van der Waals surface area contributed by atoms with Gasteiger partial charge in [-0.05, 0) is 97.5 Å². The van der Waals surface area contributed by atoms with Crippen molar-refractivity contribution in [3.05, 3.63) is 114 Å². The number of amides is 2. The fraction of sp³-hybridized carbons (Fsp3) is 0.483. The topological polar surface area (TPSA) is 131 Å². The highest BCUT2D eigenvalue weighted by molar-refractivity contribution is 6.40. The maximum Gasteiger partial charge on any atom is 0.416 e. The molecule has 1 aliphatic heterocycles. The second-order valence-corrected chi connectivity index (χ2v) is 20.5. The number of esters is 1. The van der Waals surface area contributed by atoms with E-state index in [0.717, 1.165) is 65.9 Å². The highest BCUT2D eigenvalue weighted by atomic mass is 35.5. The Morgan fingerprint density at radius 2 is 1.34 bits per heavy atom. The Labute approximate surface area is 426 Å². The monoisotopic (exact) mass is 984 g/mol. The Balaban J connectivity index is 1.03. The maximum absolute atomic E-state index is 15.1. The summed E-state index contributed by atoms with van der Waals surface area (Å²) in [6, 6.07) is 29.6. The molecule has 1 aliphatic carbocycles. The summed E-state index contributed by atoms with van der Waals surface area (Å²) in [5.74, 6) is -0.263. The van der Waals surface area contributed by atoms with Crippen molar-refractivity contribution < 1.29 is 23.9 Å². The molecule has 0 fully saturated rings. The summed E-state index contributed by atoms with van der Waals surface area (Å²) in [6.07, 6.45) is 14.3. The molecular formula is C58H74ClN7O5. The fourth-order valence-corrected chi connectivity index (χ4v) is 10.5. The molecule has 71 heavy (non-hydrogen) atoms. The SMILES string of the molecule is CCCCCCCCCCCCCCOC(=O)CCC(=O)Nc1ccc(-c2nc3n(n2)N=C(C(C)(C)C)C3(Cl)N(C(=O)OCC2c3ccccc3-c3ccccc32)c2ccc(N(CC)CC)cc2C)cc1. The minimum Gasteiger partial charge on any atom is -0.466 e. The molecule has 1 atom stereocenters. The van der Waals surface area contributed by atoms with Crippen molar-refractivity contribution in [3.63, 3.8) is 0 Å². The van der Waals surface area contributed by atoms with Crippen LogP contribution in [0.15, 0.2) is 96.1 Å². The normalized spacial score (nSPS) is 14.9. The first-order valence-electron chi connectivity index (χ1n) is 26.1. The van der Waals surface area contributed by atoms with E-state index in [1.807, 2.05) is 64.1 Å². The number of fused-ring (bicyclic) bond motifs is 4. The molecule has 0 saturated carbocycles. The third-order valence-electron chi connectivity index (χ3n) is 13.7. The van der Waals surface area contributed by atoms with Crippen LogP contribution in [0.4, 0.5) is 21.9 Å². The molecule has 5 aromatic rings. The average Bonchev–Trinajstić information content (AvgIpc) is 4.02. The molecule has 0 radical (unpaired) electrons. The zero-order valence-corrected chi connectivity index (χ0v) is 43.8. The molecule has 2 aliphatic rings. The zero-order chi connectivity index (χ0) is 50.5. The van der Waals surface area contributed by atoms with Gasteiger partial charge in [-0.15, -0.1) is 9.89 Å². The van der Waals surface area contributed by atoms with E-state index < -0.39 is 16.5 Å². The fourth-order valence-electron chi connectivity index (χ4n) is 9.89. The van der Waals surface area contributed by atoms with Crippen LogP contribution in [0.25, 0.3) is 22.5 Å². The number of unbranched alkanes of at least 4 members (excludes halogenated alkanes) is 11. The number of carbonyl (C=O) groups is 3. The van der Waals surface area contributed by atoms with Crippen molar-refractivity contribution in [3.8, 4) is 22.5 Å². The largest absolute Gasteiger partial charge is 0.466 e. The molecule has 0 saturated heterocycles. The summed E-state index contributed by atoms with van der Waals surface area (Å²) in [4.78, 5) is 48.9. The lowest BCUT2D eigenvalue weighted by atomic mass is 9.84. The van der Waals surface area contributed by atoms with Gasteiger partial charge >= 0.3 is 12.1 Å². The molecule has 7 rings (SSSR count). The number of nitrogens with one attached hydrogen (secondary N) is 1. The third-order valence-corrected chi connectivity index (χ3v) is 14.2. The molecule has 378 valence electrons. The van der Waals surface area contributed by atoms with Crippen LogP contribution in [-0.4, -0.2) is 64.9 Å². The van der Waals surface area contributed by atoms with Crippen molar-refractivity contribution in [1.29, 1.82) is 0 Å². The highest BCUT2D eigenvalue weighted by Crippen LogP contribution is 2.49. The van der Waals surface area contributed by atoms with E-state index in [9.17, 15) is 9.59 Å². The number of anilines is 3. The first kappa shape index (κ1) is 52.8. The Hall–Kier alpha value is -6.01. The van der Waals surface area contributed by atoms with Crippen molar-refractivity contribution in [2.45, 2.75) is 149 Å². The summed E-state index contributed by atoms with van der Waals surface area (Å²) < 4.78 is 11.8. The molecule has 2 amide bonds. The number of ether oxygens (including phenoxy) is 2. The minimum absolute atomic E-state index is 0.0101. The number of hydrogen-bond donors (Lipinski definition) is 1. The molecule has 1 unspecified atom stereocenters. The molecule has 0 bridgehead atoms. The van der Waals surface area contributed by atoms with Gasteiger partial charge < -0.3 is 19.7 Å². The van der Waals surface area contributed by atoms with Gasteiger partial charge in [-0.3, -0.25) is 9.59 Å². The number of hydrogen-bond acceptors (Lipinski definition) is 9. The number of rotatable bonds is 25. The number of nitrogens with zero attached hydrogens (tertiary/aromatic N) is 6. The van der Waals surface area contributed by atoms with Crippen LogP contribution in [0.2, 0.25) is 0 Å². The van der Waals surface area contributed by atoms with Crippen molar-refractivity contribution in [2.75, 3.05) is 41.4 Å². The van der Waals surface area contributed by atoms with Gasteiger partial charge in [-0.2, -0.15) is 5.10 Å². The van der Waals surface area contributed by atoms with Crippen LogP contribution < -0.4 is 15.1 Å². The Morgan fingerprint density at radius 1 is 0.746 bits per heavy atom. The molecule has 12 nitrogen and oxygen atoms in total. The number of aromatic nitrogens is 3. The van der Waals surface area contributed by atoms with Gasteiger partial charge in [0, 0.05) is 47.8 Å². The second-order valence-electron chi connectivity index (χ2n) is 20.0. The van der Waals surface area contributed by atoms with Gasteiger partial charge in [-0.1, -0.05) is 158 Å². The molecule has 1 aromatic heterocycles. The zero-order valence-electron chi connectivity index (χ0n) is 43.1. The average molecular weight is 985 g/mol. The van der Waals surface area contributed by atoms with Crippen molar-refractivity contribution in [2.24, 2.45) is 10.5 Å².